The lowest BCUT2D eigenvalue weighted by molar-refractivity contribution is -0.133. The quantitative estimate of drug-likeness (QED) is 0.784. The molecule has 0 unspecified atom stereocenters. The van der Waals surface area contributed by atoms with Gasteiger partial charge in [-0.25, -0.2) is 4.98 Å². The Balaban J connectivity index is 2.65. The molecule has 0 aliphatic carbocycles. The van der Waals surface area contributed by atoms with Gasteiger partial charge in [0, 0.05) is 4.47 Å². The molecule has 2 rings (SSSR count). The number of hydrogen-bond acceptors (Lipinski definition) is 4. The molecular formula is C13H14BrN3O3S. The monoisotopic (exact) mass is 371 g/mol. The number of nitrogens with zero attached hydrogens (tertiary/aromatic N) is 2. The zero-order chi connectivity index (χ0) is 15.8. The van der Waals surface area contributed by atoms with Gasteiger partial charge in [-0.3, -0.25) is 9.59 Å². The third-order valence-corrected chi connectivity index (χ3v) is 4.49. The van der Waals surface area contributed by atoms with E-state index in [0.717, 1.165) is 21.8 Å². The van der Waals surface area contributed by atoms with Gasteiger partial charge in [0.1, 0.15) is 5.54 Å². The number of hydrogen-bond donors (Lipinski definition) is 2. The van der Waals surface area contributed by atoms with Crippen molar-refractivity contribution in [1.29, 1.82) is 0 Å². The molecule has 1 amide bonds. The maximum absolute atomic E-state index is 11.8. The highest BCUT2D eigenvalue weighted by atomic mass is 79.9. The van der Waals surface area contributed by atoms with Crippen LogP contribution < -0.4 is 5.73 Å². The summed E-state index contributed by atoms with van der Waals surface area (Å²) in [4.78, 5) is 27.0. The van der Waals surface area contributed by atoms with Crippen molar-refractivity contribution < 1.29 is 14.7 Å². The van der Waals surface area contributed by atoms with Gasteiger partial charge < -0.3 is 15.4 Å². The van der Waals surface area contributed by atoms with Crippen molar-refractivity contribution in [2.75, 3.05) is 5.75 Å². The lowest BCUT2D eigenvalue weighted by Gasteiger charge is -2.25. The molecule has 1 aromatic carbocycles. The number of carbonyl (C=O) groups excluding carboxylic acids is 1. The molecule has 1 heterocycles. The smallest absolute Gasteiger partial charge is 0.313 e. The lowest BCUT2D eigenvalue weighted by Crippen LogP contribution is -2.41. The van der Waals surface area contributed by atoms with Crippen LogP contribution in [0.5, 0.6) is 0 Å². The van der Waals surface area contributed by atoms with Crippen molar-refractivity contribution in [2.45, 2.75) is 24.5 Å². The fourth-order valence-corrected chi connectivity index (χ4v) is 3.12. The van der Waals surface area contributed by atoms with Crippen molar-refractivity contribution in [3.8, 4) is 0 Å². The van der Waals surface area contributed by atoms with Crippen molar-refractivity contribution in [3.63, 3.8) is 0 Å². The minimum absolute atomic E-state index is 0.140. The number of halogens is 1. The zero-order valence-corrected chi connectivity index (χ0v) is 13.9. The van der Waals surface area contributed by atoms with Crippen molar-refractivity contribution >= 4 is 50.6 Å². The first-order chi connectivity index (χ1) is 9.73. The van der Waals surface area contributed by atoms with Crippen LogP contribution in [0.25, 0.3) is 11.0 Å². The molecule has 8 heteroatoms. The van der Waals surface area contributed by atoms with E-state index in [9.17, 15) is 9.59 Å². The highest BCUT2D eigenvalue weighted by molar-refractivity contribution is 9.10. The first-order valence-electron chi connectivity index (χ1n) is 6.06. The number of benzene rings is 1. The molecule has 6 nitrogen and oxygen atoms in total. The van der Waals surface area contributed by atoms with Gasteiger partial charge in [0.05, 0.1) is 16.8 Å². The predicted molar refractivity (Wildman–Crippen MR) is 84.3 cm³/mol. The Morgan fingerprint density at radius 3 is 2.71 bits per heavy atom. The summed E-state index contributed by atoms with van der Waals surface area (Å²) in [6.45, 7) is 3.37. The van der Waals surface area contributed by atoms with Crippen molar-refractivity contribution in [2.24, 2.45) is 5.73 Å². The van der Waals surface area contributed by atoms with Gasteiger partial charge in [-0.05, 0) is 32.0 Å². The average Bonchev–Trinajstić information content (AvgIpc) is 2.73. The first kappa shape index (κ1) is 15.8. The highest BCUT2D eigenvalue weighted by Crippen LogP contribution is 2.32. The number of imidazole rings is 1. The molecule has 0 fully saturated rings. The summed E-state index contributed by atoms with van der Waals surface area (Å²) in [5.41, 5.74) is 5.88. The van der Waals surface area contributed by atoms with Gasteiger partial charge in [-0.1, -0.05) is 27.7 Å². The Hall–Kier alpha value is -1.54. The van der Waals surface area contributed by atoms with Gasteiger partial charge >= 0.3 is 5.97 Å². The van der Waals surface area contributed by atoms with E-state index in [1.54, 1.807) is 18.4 Å². The first-order valence-corrected chi connectivity index (χ1v) is 7.84. The number of nitrogens with two attached hydrogens (primary N) is 1. The molecule has 0 radical (unpaired) electrons. The van der Waals surface area contributed by atoms with Crippen LogP contribution in [0.4, 0.5) is 0 Å². The third-order valence-electron chi connectivity index (χ3n) is 3.07. The number of carboxylic acids is 1. The molecular weight excluding hydrogens is 358 g/mol. The number of carboxylic acid groups (broad SMARTS) is 1. The normalized spacial score (nSPS) is 11.8. The second-order valence-corrected chi connectivity index (χ2v) is 6.83. The minimum Gasteiger partial charge on any atom is -0.481 e. The van der Waals surface area contributed by atoms with E-state index in [4.69, 9.17) is 10.8 Å². The van der Waals surface area contributed by atoms with Crippen LogP contribution in [0.15, 0.2) is 27.8 Å². The van der Waals surface area contributed by atoms with Gasteiger partial charge in [-0.2, -0.15) is 0 Å². The topological polar surface area (TPSA) is 98.2 Å². The van der Waals surface area contributed by atoms with Gasteiger partial charge in [-0.15, -0.1) is 0 Å². The molecule has 0 saturated heterocycles. The molecule has 3 N–H and O–H groups in total. The van der Waals surface area contributed by atoms with E-state index >= 15 is 0 Å². The summed E-state index contributed by atoms with van der Waals surface area (Å²) in [5.74, 6) is -1.60. The van der Waals surface area contributed by atoms with Crippen LogP contribution in [0, 0.1) is 0 Å². The summed E-state index contributed by atoms with van der Waals surface area (Å²) < 4.78 is 2.54. The van der Waals surface area contributed by atoms with Crippen molar-refractivity contribution in [1.82, 2.24) is 9.55 Å². The zero-order valence-electron chi connectivity index (χ0n) is 11.5. The van der Waals surface area contributed by atoms with Crippen molar-refractivity contribution in [3.05, 3.63) is 22.7 Å². The molecule has 1 aromatic heterocycles. The summed E-state index contributed by atoms with van der Waals surface area (Å²) in [7, 11) is 0. The van der Waals surface area contributed by atoms with Crippen LogP contribution in [0.1, 0.15) is 13.8 Å². The van der Waals surface area contributed by atoms with E-state index in [0.29, 0.717) is 10.7 Å². The summed E-state index contributed by atoms with van der Waals surface area (Å²) in [6.07, 6.45) is 0. The summed E-state index contributed by atoms with van der Waals surface area (Å²) >= 11 is 4.43. The fraction of sp³-hybridized carbons (Fsp3) is 0.308. The summed E-state index contributed by atoms with van der Waals surface area (Å²) in [5, 5.41) is 9.29. The largest absolute Gasteiger partial charge is 0.481 e. The third kappa shape index (κ3) is 3.06. The number of aliphatic carboxylic acids is 1. The Labute approximate surface area is 133 Å². The Morgan fingerprint density at radius 2 is 2.14 bits per heavy atom. The molecule has 0 spiro atoms. The van der Waals surface area contributed by atoms with E-state index in [2.05, 4.69) is 20.9 Å². The molecule has 21 heavy (non-hydrogen) atoms. The standard InChI is InChI=1S/C13H14BrN3O3S/c1-13(2,11(15)20)17-9-4-3-7(14)5-8(9)16-12(17)21-6-10(18)19/h3-5H,6H2,1-2H3,(H2,15,20)(H,18,19). The number of fused-ring (bicyclic) bond motifs is 1. The van der Waals surface area contributed by atoms with E-state index < -0.39 is 17.4 Å². The molecule has 0 aliphatic rings. The molecule has 0 bridgehead atoms. The lowest BCUT2D eigenvalue weighted by atomic mass is 10.0. The number of carbonyl (C=O) groups is 2. The molecule has 0 atom stereocenters. The molecule has 2 aromatic rings. The van der Waals surface area contributed by atoms with E-state index in [-0.39, 0.29) is 5.75 Å². The molecule has 112 valence electrons. The van der Waals surface area contributed by atoms with Crippen LogP contribution in [-0.2, 0) is 15.1 Å². The van der Waals surface area contributed by atoms with Gasteiger partial charge in [0.25, 0.3) is 0 Å². The maximum atomic E-state index is 11.8. The number of aromatic nitrogens is 2. The number of primary amides is 1. The van der Waals surface area contributed by atoms with Gasteiger partial charge in [0.15, 0.2) is 5.16 Å². The Kier molecular flexibility index (Phi) is 4.29. The second kappa shape index (κ2) is 5.69. The number of rotatable bonds is 5. The minimum atomic E-state index is -1.01. The second-order valence-electron chi connectivity index (χ2n) is 4.97. The number of amides is 1. The van der Waals surface area contributed by atoms with Crippen LogP contribution in [0.2, 0.25) is 0 Å². The fourth-order valence-electron chi connectivity index (χ4n) is 1.90. The summed E-state index contributed by atoms with van der Waals surface area (Å²) in [6, 6.07) is 5.47. The SMILES string of the molecule is CC(C)(C(N)=O)n1c(SCC(=O)O)nc2cc(Br)ccc21. The predicted octanol–water partition coefficient (Wildman–Crippen LogP) is 2.20. The van der Waals surface area contributed by atoms with Gasteiger partial charge in [0.2, 0.25) is 5.91 Å². The Bertz CT molecular complexity index is 727. The highest BCUT2D eigenvalue weighted by Gasteiger charge is 2.32. The average molecular weight is 372 g/mol. The van der Waals surface area contributed by atoms with Crippen LogP contribution in [-0.4, -0.2) is 32.3 Å². The molecule has 0 aliphatic heterocycles. The maximum Gasteiger partial charge on any atom is 0.313 e. The molecule has 0 saturated carbocycles. The van der Waals surface area contributed by atoms with E-state index in [1.165, 1.54) is 0 Å². The Morgan fingerprint density at radius 1 is 1.48 bits per heavy atom. The van der Waals surface area contributed by atoms with Crippen LogP contribution >= 0.6 is 27.7 Å². The van der Waals surface area contributed by atoms with Crippen LogP contribution in [0.3, 0.4) is 0 Å². The number of thioether (sulfide) groups is 1. The van der Waals surface area contributed by atoms with E-state index in [1.807, 2.05) is 18.2 Å².